The fourth-order valence-electron chi connectivity index (χ4n) is 1.97. The van der Waals surface area contributed by atoms with Gasteiger partial charge in [-0.1, -0.05) is 23.4 Å². The van der Waals surface area contributed by atoms with Gasteiger partial charge < -0.3 is 15.0 Å². The van der Waals surface area contributed by atoms with Crippen LogP contribution in [0.5, 0.6) is 5.75 Å². The molecule has 5 nitrogen and oxygen atoms in total. The van der Waals surface area contributed by atoms with Crippen molar-refractivity contribution >= 4 is 23.4 Å². The van der Waals surface area contributed by atoms with Crippen LogP contribution in [0.4, 0.5) is 0 Å². The number of hydrogen-bond acceptors (Lipinski definition) is 3. The second-order valence-electron chi connectivity index (χ2n) is 5.60. The predicted octanol–water partition coefficient (Wildman–Crippen LogP) is 2.59. The van der Waals surface area contributed by atoms with Crippen LogP contribution in [0.2, 0.25) is 5.02 Å². The van der Waals surface area contributed by atoms with Crippen molar-refractivity contribution in [3.05, 3.63) is 64.7 Å². The van der Waals surface area contributed by atoms with E-state index in [0.29, 0.717) is 16.3 Å². The van der Waals surface area contributed by atoms with Crippen LogP contribution in [0.25, 0.3) is 0 Å². The smallest absolute Gasteiger partial charge is 0.258 e. The number of halogens is 1. The van der Waals surface area contributed by atoms with Crippen molar-refractivity contribution < 1.29 is 14.3 Å². The van der Waals surface area contributed by atoms with Gasteiger partial charge in [0.2, 0.25) is 0 Å². The van der Waals surface area contributed by atoms with Crippen LogP contribution in [0, 0.1) is 11.8 Å². The topological polar surface area (TPSA) is 58.6 Å². The van der Waals surface area contributed by atoms with Gasteiger partial charge in [0, 0.05) is 30.2 Å². The predicted molar refractivity (Wildman–Crippen MR) is 101 cm³/mol. The molecule has 2 amide bonds. The van der Waals surface area contributed by atoms with E-state index in [9.17, 15) is 9.59 Å². The van der Waals surface area contributed by atoms with Gasteiger partial charge in [-0.3, -0.25) is 9.59 Å². The largest absolute Gasteiger partial charge is 0.484 e. The average Bonchev–Trinajstić information content (AvgIpc) is 2.64. The van der Waals surface area contributed by atoms with Gasteiger partial charge in [0.05, 0.1) is 6.54 Å². The minimum atomic E-state index is -0.263. The maximum atomic E-state index is 11.8. The van der Waals surface area contributed by atoms with Gasteiger partial charge in [0.15, 0.2) is 6.61 Å². The van der Waals surface area contributed by atoms with E-state index in [4.69, 9.17) is 16.3 Å². The number of nitrogens with one attached hydrogen (secondary N) is 1. The highest BCUT2D eigenvalue weighted by Gasteiger charge is 2.06. The van der Waals surface area contributed by atoms with E-state index < -0.39 is 0 Å². The van der Waals surface area contributed by atoms with Crippen LogP contribution >= 0.6 is 11.6 Å². The lowest BCUT2D eigenvalue weighted by molar-refractivity contribution is -0.122. The number of ether oxygens (including phenoxy) is 1. The van der Waals surface area contributed by atoms with Crippen molar-refractivity contribution in [1.82, 2.24) is 10.2 Å². The standard InChI is InChI=1S/C20H19ClN2O3/c1-23(2)20(25)16-7-5-15(6-8-16)4-3-13-22-19(24)14-26-18-11-9-17(21)10-12-18/h5-12H,13-14H2,1-2H3,(H,22,24). The summed E-state index contributed by atoms with van der Waals surface area (Å²) in [6.45, 7) is 0.117. The molecule has 0 aliphatic heterocycles. The van der Waals surface area contributed by atoms with E-state index in [1.165, 1.54) is 4.90 Å². The summed E-state index contributed by atoms with van der Waals surface area (Å²) in [6.07, 6.45) is 0. The van der Waals surface area contributed by atoms with Gasteiger partial charge in [-0.05, 0) is 48.5 Å². The van der Waals surface area contributed by atoms with Crippen LogP contribution in [0.1, 0.15) is 15.9 Å². The molecular weight excluding hydrogens is 352 g/mol. The summed E-state index contributed by atoms with van der Waals surface area (Å²) in [6, 6.07) is 13.8. The Hall–Kier alpha value is -2.97. The van der Waals surface area contributed by atoms with Crippen LogP contribution in [0.15, 0.2) is 48.5 Å². The molecule has 0 fully saturated rings. The van der Waals surface area contributed by atoms with E-state index in [1.54, 1.807) is 62.6 Å². The molecule has 26 heavy (non-hydrogen) atoms. The number of rotatable bonds is 5. The third-order valence-electron chi connectivity index (χ3n) is 3.33. The Balaban J connectivity index is 1.76. The van der Waals surface area contributed by atoms with E-state index in [1.807, 2.05) is 0 Å². The van der Waals surface area contributed by atoms with Crippen molar-refractivity contribution in [2.45, 2.75) is 0 Å². The first-order valence-corrected chi connectivity index (χ1v) is 8.29. The van der Waals surface area contributed by atoms with Crippen molar-refractivity contribution in [1.29, 1.82) is 0 Å². The van der Waals surface area contributed by atoms with Gasteiger partial charge in [-0.15, -0.1) is 0 Å². The summed E-state index contributed by atoms with van der Waals surface area (Å²) in [5.74, 6) is 6.04. The highest BCUT2D eigenvalue weighted by molar-refractivity contribution is 6.30. The molecule has 2 rings (SSSR count). The second-order valence-corrected chi connectivity index (χ2v) is 6.03. The normalized spacial score (nSPS) is 9.65. The molecule has 6 heteroatoms. The Kier molecular flexibility index (Phi) is 7.07. The Labute approximate surface area is 157 Å². The molecule has 0 atom stereocenters. The van der Waals surface area contributed by atoms with E-state index >= 15 is 0 Å². The number of hydrogen-bond donors (Lipinski definition) is 1. The minimum absolute atomic E-state index is 0.0579. The number of carbonyl (C=O) groups is 2. The quantitative estimate of drug-likeness (QED) is 0.823. The van der Waals surface area contributed by atoms with Crippen molar-refractivity contribution in [3.63, 3.8) is 0 Å². The van der Waals surface area contributed by atoms with Crippen molar-refractivity contribution in [2.24, 2.45) is 0 Å². The summed E-state index contributed by atoms with van der Waals surface area (Å²) in [5.41, 5.74) is 1.38. The Morgan fingerprint density at radius 1 is 1.08 bits per heavy atom. The first-order chi connectivity index (χ1) is 12.5. The molecule has 2 aromatic carbocycles. The molecule has 2 aromatic rings. The summed E-state index contributed by atoms with van der Waals surface area (Å²) in [7, 11) is 3.41. The third-order valence-corrected chi connectivity index (χ3v) is 3.58. The van der Waals surface area contributed by atoms with Gasteiger partial charge >= 0.3 is 0 Å². The molecule has 0 aliphatic rings. The van der Waals surface area contributed by atoms with Crippen LogP contribution in [-0.4, -0.2) is 44.0 Å². The number of carbonyl (C=O) groups excluding carboxylic acids is 2. The Morgan fingerprint density at radius 3 is 2.35 bits per heavy atom. The third kappa shape index (κ3) is 6.15. The number of nitrogens with zero attached hydrogens (tertiary/aromatic N) is 1. The highest BCUT2D eigenvalue weighted by atomic mass is 35.5. The maximum absolute atomic E-state index is 11.8. The van der Waals surface area contributed by atoms with Gasteiger partial charge in [-0.25, -0.2) is 0 Å². The Morgan fingerprint density at radius 2 is 1.73 bits per heavy atom. The van der Waals surface area contributed by atoms with Crippen LogP contribution in [-0.2, 0) is 4.79 Å². The van der Waals surface area contributed by atoms with Gasteiger partial charge in [-0.2, -0.15) is 0 Å². The highest BCUT2D eigenvalue weighted by Crippen LogP contribution is 2.15. The lowest BCUT2D eigenvalue weighted by Crippen LogP contribution is -2.29. The number of benzene rings is 2. The second kappa shape index (κ2) is 9.50. The van der Waals surface area contributed by atoms with E-state index in [0.717, 1.165) is 5.56 Å². The molecular formula is C20H19ClN2O3. The molecule has 0 unspecified atom stereocenters. The monoisotopic (exact) mass is 370 g/mol. The average molecular weight is 371 g/mol. The lowest BCUT2D eigenvalue weighted by Gasteiger charge is -2.09. The molecule has 1 N–H and O–H groups in total. The molecule has 0 heterocycles. The summed E-state index contributed by atoms with van der Waals surface area (Å²) < 4.78 is 5.34. The zero-order valence-corrected chi connectivity index (χ0v) is 15.3. The van der Waals surface area contributed by atoms with Crippen molar-refractivity contribution in [3.8, 4) is 17.6 Å². The van der Waals surface area contributed by atoms with Crippen LogP contribution in [0.3, 0.4) is 0 Å². The van der Waals surface area contributed by atoms with Crippen molar-refractivity contribution in [2.75, 3.05) is 27.2 Å². The molecule has 0 saturated carbocycles. The molecule has 0 aliphatic carbocycles. The molecule has 0 spiro atoms. The first kappa shape index (κ1) is 19.4. The zero-order valence-electron chi connectivity index (χ0n) is 14.6. The lowest BCUT2D eigenvalue weighted by atomic mass is 10.1. The Bertz CT molecular complexity index is 819. The summed E-state index contributed by atoms with van der Waals surface area (Å²) in [5, 5.41) is 3.26. The molecule has 0 saturated heterocycles. The van der Waals surface area contributed by atoms with Gasteiger partial charge in [0.25, 0.3) is 11.8 Å². The van der Waals surface area contributed by atoms with E-state index in [2.05, 4.69) is 17.2 Å². The molecule has 0 bridgehead atoms. The molecule has 0 radical (unpaired) electrons. The SMILES string of the molecule is CN(C)C(=O)c1ccc(C#CCNC(=O)COc2ccc(Cl)cc2)cc1. The minimum Gasteiger partial charge on any atom is -0.484 e. The fourth-order valence-corrected chi connectivity index (χ4v) is 2.10. The molecule has 0 aromatic heterocycles. The number of amides is 2. The summed E-state index contributed by atoms with van der Waals surface area (Å²) >= 11 is 5.78. The van der Waals surface area contributed by atoms with Crippen LogP contribution < -0.4 is 10.1 Å². The zero-order chi connectivity index (χ0) is 18.9. The fraction of sp³-hybridized carbons (Fsp3) is 0.200. The van der Waals surface area contributed by atoms with Gasteiger partial charge in [0.1, 0.15) is 5.75 Å². The summed E-state index contributed by atoms with van der Waals surface area (Å²) in [4.78, 5) is 25.0. The maximum Gasteiger partial charge on any atom is 0.258 e. The first-order valence-electron chi connectivity index (χ1n) is 7.91. The molecule has 134 valence electrons. The van der Waals surface area contributed by atoms with E-state index in [-0.39, 0.29) is 25.0 Å².